The van der Waals surface area contributed by atoms with Crippen LogP contribution < -0.4 is 10.7 Å². The number of benzene rings is 1. The van der Waals surface area contributed by atoms with Crippen LogP contribution in [0.4, 0.5) is 0 Å². The van der Waals surface area contributed by atoms with Crippen molar-refractivity contribution < 1.29 is 19.5 Å². The van der Waals surface area contributed by atoms with Crippen molar-refractivity contribution in [2.45, 2.75) is 42.6 Å². The number of fused-ring (bicyclic) bond motifs is 2. The summed E-state index contributed by atoms with van der Waals surface area (Å²) >= 11 is 1.38. The molecule has 146 valence electrons. The van der Waals surface area contributed by atoms with Gasteiger partial charge in [0.25, 0.3) is 0 Å². The van der Waals surface area contributed by atoms with Crippen LogP contribution >= 0.6 is 11.8 Å². The van der Waals surface area contributed by atoms with Gasteiger partial charge in [-0.05, 0) is 26.0 Å². The van der Waals surface area contributed by atoms with E-state index in [-0.39, 0.29) is 23.8 Å². The van der Waals surface area contributed by atoms with E-state index < -0.39 is 28.2 Å². The Balaban J connectivity index is 1.51. The lowest BCUT2D eigenvalue weighted by molar-refractivity contribution is -0.161. The van der Waals surface area contributed by atoms with E-state index in [4.69, 9.17) is 0 Å². The quantitative estimate of drug-likeness (QED) is 0.728. The number of β-lactam (4-membered cyclic amide) rings is 1. The summed E-state index contributed by atoms with van der Waals surface area (Å²) in [5.41, 5.74) is 0.510. The maximum absolute atomic E-state index is 12.5. The molecule has 9 heteroatoms. The molecule has 4 rings (SSSR count). The summed E-state index contributed by atoms with van der Waals surface area (Å²) in [5.74, 6) is -1.80. The molecule has 2 fully saturated rings. The number of para-hydroxylation sites is 1. The predicted octanol–water partition coefficient (Wildman–Crippen LogP) is 0.633. The molecule has 8 nitrogen and oxygen atoms in total. The number of aliphatic carboxylic acids is 1. The third-order valence-corrected chi connectivity index (χ3v) is 6.76. The maximum atomic E-state index is 12.5. The monoisotopic (exact) mass is 401 g/mol. The molecule has 1 aromatic heterocycles. The number of carboxylic acids is 1. The van der Waals surface area contributed by atoms with Gasteiger partial charge in [-0.1, -0.05) is 12.1 Å². The second-order valence-corrected chi connectivity index (χ2v) is 9.24. The number of carboxylic acid groups (broad SMARTS) is 1. The lowest BCUT2D eigenvalue weighted by Crippen LogP contribution is -2.70. The van der Waals surface area contributed by atoms with Gasteiger partial charge in [-0.3, -0.25) is 14.4 Å². The van der Waals surface area contributed by atoms with E-state index in [1.807, 2.05) is 0 Å². The molecule has 2 aromatic rings. The van der Waals surface area contributed by atoms with Gasteiger partial charge in [0, 0.05) is 22.4 Å². The molecular weight excluding hydrogens is 382 g/mol. The minimum Gasteiger partial charge on any atom is -0.480 e. The van der Waals surface area contributed by atoms with E-state index in [0.717, 1.165) is 0 Å². The highest BCUT2D eigenvalue weighted by Gasteiger charge is 2.64. The molecule has 0 saturated carbocycles. The first-order valence-electron chi connectivity index (χ1n) is 8.81. The zero-order valence-electron chi connectivity index (χ0n) is 15.3. The van der Waals surface area contributed by atoms with Gasteiger partial charge >= 0.3 is 5.97 Å². The largest absolute Gasteiger partial charge is 0.480 e. The van der Waals surface area contributed by atoms with Crippen molar-refractivity contribution in [1.82, 2.24) is 14.8 Å². The van der Waals surface area contributed by atoms with Crippen LogP contribution in [0.2, 0.25) is 0 Å². The molecule has 2 aliphatic heterocycles. The standard InChI is InChI=1S/C19H19N3O5S/c1-19(2)15(18(26)27)22-16(25)14(17(22)28-19)20-13(24)9-21-8-7-12(23)10-5-3-4-6-11(10)21/h3-8,14-15,17H,9H2,1-2H3,(H,20,24)(H,26,27)/t14-,15+,17-/m1/s1. The van der Waals surface area contributed by atoms with Gasteiger partial charge in [-0.15, -0.1) is 11.8 Å². The molecule has 2 N–H and O–H groups in total. The van der Waals surface area contributed by atoms with Gasteiger partial charge in [0.2, 0.25) is 11.8 Å². The predicted molar refractivity (Wildman–Crippen MR) is 104 cm³/mol. The average molecular weight is 401 g/mol. The Kier molecular flexibility index (Phi) is 4.22. The third-order valence-electron chi connectivity index (χ3n) is 5.19. The first-order valence-corrected chi connectivity index (χ1v) is 9.69. The SMILES string of the molecule is CC1(C)S[C@@H]2[C@H](NC(=O)Cn3ccc(=O)c4ccccc43)C(=O)N2[C@H]1C(=O)O. The summed E-state index contributed by atoms with van der Waals surface area (Å²) in [7, 11) is 0. The molecule has 1 aromatic carbocycles. The van der Waals surface area contributed by atoms with Crippen LogP contribution in [0.25, 0.3) is 10.9 Å². The van der Waals surface area contributed by atoms with E-state index in [0.29, 0.717) is 10.9 Å². The molecule has 0 spiro atoms. The molecule has 2 aliphatic rings. The number of hydrogen-bond acceptors (Lipinski definition) is 5. The second kappa shape index (κ2) is 6.37. The number of carbonyl (C=O) groups excluding carboxylic acids is 2. The normalized spacial score (nSPS) is 25.3. The maximum Gasteiger partial charge on any atom is 0.327 e. The molecule has 3 heterocycles. The number of carbonyl (C=O) groups is 3. The zero-order valence-corrected chi connectivity index (χ0v) is 16.1. The Bertz CT molecular complexity index is 1060. The summed E-state index contributed by atoms with van der Waals surface area (Å²) in [4.78, 5) is 49.9. The summed E-state index contributed by atoms with van der Waals surface area (Å²) in [6.45, 7) is 3.52. The summed E-state index contributed by atoms with van der Waals surface area (Å²) in [6.07, 6.45) is 1.55. The Morgan fingerprint density at radius 1 is 1.21 bits per heavy atom. The third kappa shape index (κ3) is 2.77. The summed E-state index contributed by atoms with van der Waals surface area (Å²) in [5, 5.41) is 12.3. The van der Waals surface area contributed by atoms with Gasteiger partial charge in [0.05, 0.1) is 5.52 Å². The lowest BCUT2D eigenvalue weighted by Gasteiger charge is -2.43. The number of pyridine rings is 1. The molecule has 28 heavy (non-hydrogen) atoms. The van der Waals surface area contributed by atoms with Gasteiger partial charge in [-0.2, -0.15) is 0 Å². The summed E-state index contributed by atoms with van der Waals surface area (Å²) < 4.78 is 1.01. The van der Waals surface area contributed by atoms with Crippen LogP contribution in [0.3, 0.4) is 0 Å². The number of aromatic nitrogens is 1. The van der Waals surface area contributed by atoms with Crippen molar-refractivity contribution in [3.8, 4) is 0 Å². The minimum atomic E-state index is -1.04. The second-order valence-electron chi connectivity index (χ2n) is 7.47. The van der Waals surface area contributed by atoms with Gasteiger partial charge < -0.3 is 19.9 Å². The van der Waals surface area contributed by atoms with Crippen molar-refractivity contribution in [2.75, 3.05) is 0 Å². The van der Waals surface area contributed by atoms with Crippen molar-refractivity contribution >= 4 is 40.4 Å². The molecule has 0 radical (unpaired) electrons. The summed E-state index contributed by atoms with van der Waals surface area (Å²) in [6, 6.07) is 6.74. The van der Waals surface area contributed by atoms with Crippen LogP contribution in [-0.4, -0.2) is 54.6 Å². The highest BCUT2D eigenvalue weighted by molar-refractivity contribution is 8.01. The highest BCUT2D eigenvalue weighted by atomic mass is 32.2. The number of rotatable bonds is 4. The number of hydrogen-bond donors (Lipinski definition) is 2. The molecule has 0 unspecified atom stereocenters. The molecular formula is C19H19N3O5S. The number of nitrogens with one attached hydrogen (secondary N) is 1. The number of thioether (sulfide) groups is 1. The van der Waals surface area contributed by atoms with Crippen LogP contribution in [0, 0.1) is 0 Å². The molecule has 2 saturated heterocycles. The van der Waals surface area contributed by atoms with Gasteiger partial charge in [-0.25, -0.2) is 4.79 Å². The molecule has 0 bridgehead atoms. The fourth-order valence-electron chi connectivity index (χ4n) is 3.92. The Hall–Kier alpha value is -2.81. The highest BCUT2D eigenvalue weighted by Crippen LogP contribution is 2.50. The van der Waals surface area contributed by atoms with E-state index in [1.165, 1.54) is 22.7 Å². The van der Waals surface area contributed by atoms with Crippen LogP contribution in [0.1, 0.15) is 13.8 Å². The molecule has 2 amide bonds. The smallest absolute Gasteiger partial charge is 0.327 e. The van der Waals surface area contributed by atoms with Gasteiger partial charge in [0.1, 0.15) is 24.0 Å². The minimum absolute atomic E-state index is 0.0479. The zero-order chi connectivity index (χ0) is 20.2. The molecule has 0 aliphatic carbocycles. The van der Waals surface area contributed by atoms with E-state index in [1.54, 1.807) is 48.9 Å². The number of nitrogens with zero attached hydrogens (tertiary/aromatic N) is 2. The molecule has 3 atom stereocenters. The van der Waals surface area contributed by atoms with E-state index in [9.17, 15) is 24.3 Å². The van der Waals surface area contributed by atoms with Crippen molar-refractivity contribution in [2.24, 2.45) is 0 Å². The number of amides is 2. The Labute approximate surface area is 164 Å². The lowest BCUT2D eigenvalue weighted by atomic mass is 9.96. The van der Waals surface area contributed by atoms with Crippen LogP contribution in [0.15, 0.2) is 41.3 Å². The fraction of sp³-hybridized carbons (Fsp3) is 0.368. The van der Waals surface area contributed by atoms with E-state index in [2.05, 4.69) is 5.32 Å². The first kappa shape index (κ1) is 18.5. The van der Waals surface area contributed by atoms with Crippen molar-refractivity contribution in [3.63, 3.8) is 0 Å². The van der Waals surface area contributed by atoms with E-state index >= 15 is 0 Å². The van der Waals surface area contributed by atoms with Crippen molar-refractivity contribution in [1.29, 1.82) is 0 Å². The Morgan fingerprint density at radius 3 is 2.64 bits per heavy atom. The first-order chi connectivity index (χ1) is 13.2. The Morgan fingerprint density at radius 2 is 1.93 bits per heavy atom. The van der Waals surface area contributed by atoms with Crippen LogP contribution in [0.5, 0.6) is 0 Å². The van der Waals surface area contributed by atoms with Gasteiger partial charge in [0.15, 0.2) is 5.43 Å². The van der Waals surface area contributed by atoms with Crippen molar-refractivity contribution in [3.05, 3.63) is 46.8 Å². The van der Waals surface area contributed by atoms with Crippen LogP contribution in [-0.2, 0) is 20.9 Å². The average Bonchev–Trinajstić information content (AvgIpc) is 2.90. The fourth-order valence-corrected chi connectivity index (χ4v) is 5.54. The topological polar surface area (TPSA) is 109 Å².